The fourth-order valence-electron chi connectivity index (χ4n) is 3.38. The molecule has 0 spiro atoms. The largest absolute Gasteiger partial charge is 0.328 e. The van der Waals surface area contributed by atoms with Gasteiger partial charge in [-0.2, -0.15) is 5.10 Å². The molecule has 1 N–H and O–H groups in total. The summed E-state index contributed by atoms with van der Waals surface area (Å²) >= 11 is 0. The number of rotatable bonds is 2. The van der Waals surface area contributed by atoms with E-state index in [-0.39, 0.29) is 12.1 Å². The van der Waals surface area contributed by atoms with Gasteiger partial charge in [-0.05, 0) is 25.7 Å². The van der Waals surface area contributed by atoms with E-state index in [2.05, 4.69) is 22.3 Å². The monoisotopic (exact) mass is 305 g/mol. The first-order valence-corrected chi connectivity index (χ1v) is 8.77. The van der Waals surface area contributed by atoms with Gasteiger partial charge in [0, 0.05) is 26.1 Å². The molecule has 1 fully saturated rings. The maximum atomic E-state index is 12.6. The Morgan fingerprint density at radius 1 is 1.14 bits per heavy atom. The highest BCUT2D eigenvalue weighted by molar-refractivity contribution is 5.74. The maximum absolute atomic E-state index is 12.6. The molecule has 0 aliphatic carbocycles. The SMILES string of the molecule is CCc1nc2n(n1)CCC[C@@H]2NC(=O)N1CCCCCCC1. The molecule has 0 unspecified atom stereocenters. The Balaban J connectivity index is 1.65. The Morgan fingerprint density at radius 2 is 1.86 bits per heavy atom. The molecule has 1 atom stereocenters. The Bertz CT molecular complexity index is 505. The topological polar surface area (TPSA) is 63.1 Å². The number of likely N-dealkylation sites (tertiary alicyclic amines) is 1. The molecule has 22 heavy (non-hydrogen) atoms. The van der Waals surface area contributed by atoms with Crippen LogP contribution in [0.15, 0.2) is 0 Å². The van der Waals surface area contributed by atoms with Gasteiger partial charge in [0.1, 0.15) is 5.82 Å². The molecule has 122 valence electrons. The zero-order chi connectivity index (χ0) is 15.4. The van der Waals surface area contributed by atoms with Crippen molar-refractivity contribution in [2.45, 2.75) is 70.9 Å². The Kier molecular flexibility index (Phi) is 4.95. The Hall–Kier alpha value is -1.59. The van der Waals surface area contributed by atoms with Crippen molar-refractivity contribution in [1.29, 1.82) is 0 Å². The number of amides is 2. The lowest BCUT2D eigenvalue weighted by Gasteiger charge is -2.29. The van der Waals surface area contributed by atoms with Crippen molar-refractivity contribution in [3.05, 3.63) is 11.6 Å². The van der Waals surface area contributed by atoms with Crippen LogP contribution in [0.4, 0.5) is 4.79 Å². The average Bonchev–Trinajstić information content (AvgIpc) is 2.91. The number of urea groups is 1. The van der Waals surface area contributed by atoms with Crippen LogP contribution in [0.3, 0.4) is 0 Å². The normalized spacial score (nSPS) is 22.6. The van der Waals surface area contributed by atoms with Crippen LogP contribution in [0.1, 0.15) is 69.6 Å². The minimum absolute atomic E-state index is 0.0134. The third-order valence-electron chi connectivity index (χ3n) is 4.68. The van der Waals surface area contributed by atoms with E-state index < -0.39 is 0 Å². The number of carbonyl (C=O) groups is 1. The molecule has 3 rings (SSSR count). The van der Waals surface area contributed by atoms with Gasteiger partial charge in [-0.1, -0.05) is 26.2 Å². The molecule has 0 radical (unpaired) electrons. The molecule has 3 heterocycles. The van der Waals surface area contributed by atoms with E-state index in [9.17, 15) is 4.79 Å². The first-order valence-electron chi connectivity index (χ1n) is 8.77. The van der Waals surface area contributed by atoms with E-state index >= 15 is 0 Å². The van der Waals surface area contributed by atoms with Crippen molar-refractivity contribution >= 4 is 6.03 Å². The van der Waals surface area contributed by atoms with Crippen molar-refractivity contribution in [2.24, 2.45) is 0 Å². The van der Waals surface area contributed by atoms with Crippen LogP contribution in [0.25, 0.3) is 0 Å². The van der Waals surface area contributed by atoms with E-state index in [4.69, 9.17) is 0 Å². The van der Waals surface area contributed by atoms with Crippen molar-refractivity contribution in [2.75, 3.05) is 13.1 Å². The van der Waals surface area contributed by atoms with Gasteiger partial charge in [-0.15, -0.1) is 0 Å². The minimum Gasteiger partial charge on any atom is -0.328 e. The van der Waals surface area contributed by atoms with Crippen molar-refractivity contribution in [3.8, 4) is 0 Å². The van der Waals surface area contributed by atoms with Crippen LogP contribution in [-0.2, 0) is 13.0 Å². The predicted octanol–water partition coefficient (Wildman–Crippen LogP) is 2.65. The summed E-state index contributed by atoms with van der Waals surface area (Å²) < 4.78 is 1.97. The van der Waals surface area contributed by atoms with E-state index in [1.165, 1.54) is 19.3 Å². The molecule has 6 heteroatoms. The molecule has 0 bridgehead atoms. The van der Waals surface area contributed by atoms with E-state index in [1.54, 1.807) is 0 Å². The van der Waals surface area contributed by atoms with Crippen LogP contribution in [0.2, 0.25) is 0 Å². The third kappa shape index (κ3) is 3.42. The van der Waals surface area contributed by atoms with Gasteiger partial charge in [0.25, 0.3) is 0 Å². The number of nitrogens with one attached hydrogen (secondary N) is 1. The van der Waals surface area contributed by atoms with Crippen LogP contribution >= 0.6 is 0 Å². The number of aryl methyl sites for hydroxylation is 2. The van der Waals surface area contributed by atoms with Crippen LogP contribution in [0.5, 0.6) is 0 Å². The summed E-state index contributed by atoms with van der Waals surface area (Å²) in [4.78, 5) is 19.2. The van der Waals surface area contributed by atoms with Crippen molar-refractivity contribution in [3.63, 3.8) is 0 Å². The van der Waals surface area contributed by atoms with E-state index in [0.717, 1.165) is 63.4 Å². The standard InChI is InChI=1S/C16H27N5O/c1-2-14-18-15-13(9-8-12-21(15)19-14)17-16(22)20-10-6-4-3-5-7-11-20/h13H,2-12H2,1H3,(H,17,22)/t13-/m0/s1. The highest BCUT2D eigenvalue weighted by Gasteiger charge is 2.27. The lowest BCUT2D eigenvalue weighted by Crippen LogP contribution is -2.44. The van der Waals surface area contributed by atoms with Gasteiger partial charge in [0.05, 0.1) is 6.04 Å². The highest BCUT2D eigenvalue weighted by Crippen LogP contribution is 2.23. The van der Waals surface area contributed by atoms with Crippen molar-refractivity contribution < 1.29 is 4.79 Å². The summed E-state index contributed by atoms with van der Waals surface area (Å²) in [5, 5.41) is 7.70. The number of hydrogen-bond donors (Lipinski definition) is 1. The molecule has 1 aromatic rings. The molecular weight excluding hydrogens is 278 g/mol. The molecule has 2 aliphatic heterocycles. The highest BCUT2D eigenvalue weighted by atomic mass is 16.2. The van der Waals surface area contributed by atoms with Crippen LogP contribution < -0.4 is 5.32 Å². The van der Waals surface area contributed by atoms with E-state index in [1.807, 2.05) is 9.58 Å². The van der Waals surface area contributed by atoms with Gasteiger partial charge in [-0.25, -0.2) is 14.5 Å². The van der Waals surface area contributed by atoms with E-state index in [0.29, 0.717) is 0 Å². The zero-order valence-electron chi connectivity index (χ0n) is 13.6. The van der Waals surface area contributed by atoms with Gasteiger partial charge in [0.15, 0.2) is 5.82 Å². The first-order chi connectivity index (χ1) is 10.8. The number of nitrogens with zero attached hydrogens (tertiary/aromatic N) is 4. The summed E-state index contributed by atoms with van der Waals surface area (Å²) in [7, 11) is 0. The smallest absolute Gasteiger partial charge is 0.317 e. The number of aromatic nitrogens is 3. The minimum atomic E-state index is 0.0134. The van der Waals surface area contributed by atoms with Crippen molar-refractivity contribution in [1.82, 2.24) is 25.0 Å². The molecule has 6 nitrogen and oxygen atoms in total. The first kappa shape index (κ1) is 15.3. The lowest BCUT2D eigenvalue weighted by molar-refractivity contribution is 0.184. The summed E-state index contributed by atoms with van der Waals surface area (Å²) in [6, 6.07) is 0.0842. The summed E-state index contributed by atoms with van der Waals surface area (Å²) in [5.41, 5.74) is 0. The fourth-order valence-corrected chi connectivity index (χ4v) is 3.38. The second-order valence-corrected chi connectivity index (χ2v) is 6.36. The maximum Gasteiger partial charge on any atom is 0.317 e. The predicted molar refractivity (Wildman–Crippen MR) is 84.6 cm³/mol. The molecular formula is C16H27N5O. The Labute approximate surface area is 132 Å². The second-order valence-electron chi connectivity index (χ2n) is 6.36. The molecule has 2 aliphatic rings. The molecule has 1 saturated heterocycles. The molecule has 1 aromatic heterocycles. The van der Waals surface area contributed by atoms with Crippen LogP contribution in [0, 0.1) is 0 Å². The zero-order valence-corrected chi connectivity index (χ0v) is 13.6. The third-order valence-corrected chi connectivity index (χ3v) is 4.68. The summed E-state index contributed by atoms with van der Waals surface area (Å²) in [6.45, 7) is 4.74. The second kappa shape index (κ2) is 7.11. The molecule has 0 saturated carbocycles. The number of fused-ring (bicyclic) bond motifs is 1. The lowest BCUT2D eigenvalue weighted by atomic mass is 10.1. The van der Waals surface area contributed by atoms with Gasteiger partial charge >= 0.3 is 6.03 Å². The molecule has 2 amide bonds. The van der Waals surface area contributed by atoms with Gasteiger partial charge < -0.3 is 10.2 Å². The summed E-state index contributed by atoms with van der Waals surface area (Å²) in [5.74, 6) is 1.81. The van der Waals surface area contributed by atoms with Gasteiger partial charge in [-0.3, -0.25) is 0 Å². The fraction of sp³-hybridized carbons (Fsp3) is 0.812. The molecule has 0 aromatic carbocycles. The average molecular weight is 305 g/mol. The quantitative estimate of drug-likeness (QED) is 0.913. The van der Waals surface area contributed by atoms with Gasteiger partial charge in [0.2, 0.25) is 0 Å². The number of hydrogen-bond acceptors (Lipinski definition) is 3. The number of carbonyl (C=O) groups excluding carboxylic acids is 1. The summed E-state index contributed by atoms with van der Waals surface area (Å²) in [6.07, 6.45) is 8.87. The Morgan fingerprint density at radius 3 is 2.59 bits per heavy atom. The van der Waals surface area contributed by atoms with Crippen LogP contribution in [-0.4, -0.2) is 38.8 Å².